The van der Waals surface area contributed by atoms with Crippen molar-refractivity contribution in [3.05, 3.63) is 0 Å². The number of carbonyl (C=O) groups excluding carboxylic acids is 1. The molecule has 1 aliphatic heterocycles. The Bertz CT molecular complexity index is 188. The van der Waals surface area contributed by atoms with Gasteiger partial charge in [0.05, 0.1) is 6.54 Å². The number of nitrogens with one attached hydrogen (secondary N) is 1. The molecule has 1 amide bonds. The molecule has 1 saturated heterocycles. The van der Waals surface area contributed by atoms with Gasteiger partial charge in [-0.2, -0.15) is 0 Å². The minimum absolute atomic E-state index is 0.276. The van der Waals surface area contributed by atoms with E-state index in [4.69, 9.17) is 0 Å². The second-order valence-corrected chi connectivity index (χ2v) is 4.51. The van der Waals surface area contributed by atoms with Crippen molar-refractivity contribution in [3.8, 4) is 0 Å². The number of hydrogen-bond acceptors (Lipinski definition) is 2. The van der Waals surface area contributed by atoms with Crippen LogP contribution in [0.15, 0.2) is 0 Å². The number of carbonyl (C=O) groups is 1. The predicted octanol–water partition coefficient (Wildman–Crippen LogP) is 1.78. The van der Waals surface area contributed by atoms with Crippen LogP contribution in [0.4, 0.5) is 0 Å². The van der Waals surface area contributed by atoms with E-state index >= 15 is 0 Å². The lowest BCUT2D eigenvalue weighted by atomic mass is 10.1. The van der Waals surface area contributed by atoms with Crippen LogP contribution in [0.5, 0.6) is 0 Å². The standard InChI is InChI=1S/C12H24N2O/c1-3-7-11(2)13-10-12(15)14-8-5-4-6-9-14/h11,13H,3-10H2,1-2H3. The lowest BCUT2D eigenvalue weighted by Gasteiger charge is -2.27. The van der Waals surface area contributed by atoms with E-state index in [0.29, 0.717) is 12.6 Å². The van der Waals surface area contributed by atoms with Gasteiger partial charge >= 0.3 is 0 Å². The van der Waals surface area contributed by atoms with Crippen molar-refractivity contribution in [1.29, 1.82) is 0 Å². The van der Waals surface area contributed by atoms with E-state index in [-0.39, 0.29) is 5.91 Å². The molecule has 1 fully saturated rings. The van der Waals surface area contributed by atoms with Crippen LogP contribution < -0.4 is 5.32 Å². The maximum absolute atomic E-state index is 11.8. The van der Waals surface area contributed by atoms with Gasteiger partial charge in [0.2, 0.25) is 5.91 Å². The van der Waals surface area contributed by atoms with Crippen molar-refractivity contribution >= 4 is 5.91 Å². The van der Waals surface area contributed by atoms with E-state index in [2.05, 4.69) is 19.2 Å². The van der Waals surface area contributed by atoms with Crippen molar-refractivity contribution in [2.45, 2.75) is 52.0 Å². The molecule has 0 bridgehead atoms. The fourth-order valence-electron chi connectivity index (χ4n) is 2.05. The van der Waals surface area contributed by atoms with Gasteiger partial charge in [0, 0.05) is 19.1 Å². The highest BCUT2D eigenvalue weighted by Crippen LogP contribution is 2.08. The molecule has 0 aromatic rings. The summed E-state index contributed by atoms with van der Waals surface area (Å²) < 4.78 is 0. The van der Waals surface area contributed by atoms with E-state index in [0.717, 1.165) is 19.5 Å². The Morgan fingerprint density at radius 1 is 1.33 bits per heavy atom. The molecule has 88 valence electrons. The first-order valence-electron chi connectivity index (χ1n) is 6.25. The molecule has 0 spiro atoms. The summed E-state index contributed by atoms with van der Waals surface area (Å²) in [7, 11) is 0. The van der Waals surface area contributed by atoms with Crippen LogP contribution in [-0.4, -0.2) is 36.5 Å². The average molecular weight is 212 g/mol. The van der Waals surface area contributed by atoms with Crippen molar-refractivity contribution in [3.63, 3.8) is 0 Å². The molecule has 0 aromatic heterocycles. The SMILES string of the molecule is CCCC(C)NCC(=O)N1CCCCC1. The molecule has 1 atom stereocenters. The summed E-state index contributed by atoms with van der Waals surface area (Å²) in [4.78, 5) is 13.8. The van der Waals surface area contributed by atoms with E-state index in [1.54, 1.807) is 0 Å². The zero-order chi connectivity index (χ0) is 11.1. The normalized spacial score (nSPS) is 18.9. The maximum atomic E-state index is 11.8. The first-order chi connectivity index (χ1) is 7.24. The van der Waals surface area contributed by atoms with Gasteiger partial charge in [-0.15, -0.1) is 0 Å². The molecule has 1 rings (SSSR count). The zero-order valence-electron chi connectivity index (χ0n) is 10.1. The third-order valence-corrected chi connectivity index (χ3v) is 3.03. The number of hydrogen-bond donors (Lipinski definition) is 1. The molecular weight excluding hydrogens is 188 g/mol. The number of likely N-dealkylation sites (tertiary alicyclic amines) is 1. The van der Waals surface area contributed by atoms with Crippen LogP contribution in [-0.2, 0) is 4.79 Å². The van der Waals surface area contributed by atoms with Crippen LogP contribution in [0, 0.1) is 0 Å². The molecule has 1 aliphatic rings. The average Bonchev–Trinajstić information content (AvgIpc) is 2.27. The summed E-state index contributed by atoms with van der Waals surface area (Å²) in [6.45, 7) is 6.75. The molecule has 0 saturated carbocycles. The van der Waals surface area contributed by atoms with Gasteiger partial charge in [0.25, 0.3) is 0 Å². The van der Waals surface area contributed by atoms with Gasteiger partial charge in [-0.1, -0.05) is 13.3 Å². The molecule has 3 heteroatoms. The fourth-order valence-corrected chi connectivity index (χ4v) is 2.05. The number of piperidine rings is 1. The van der Waals surface area contributed by atoms with E-state index in [1.165, 1.54) is 25.7 Å². The van der Waals surface area contributed by atoms with Gasteiger partial charge in [-0.25, -0.2) is 0 Å². The zero-order valence-corrected chi connectivity index (χ0v) is 10.1. The minimum Gasteiger partial charge on any atom is -0.342 e. The molecule has 0 aliphatic carbocycles. The Morgan fingerprint density at radius 3 is 2.60 bits per heavy atom. The topological polar surface area (TPSA) is 32.3 Å². The highest BCUT2D eigenvalue weighted by atomic mass is 16.2. The minimum atomic E-state index is 0.276. The summed E-state index contributed by atoms with van der Waals surface area (Å²) in [5.41, 5.74) is 0. The lowest BCUT2D eigenvalue weighted by Crippen LogP contribution is -2.43. The first-order valence-corrected chi connectivity index (χ1v) is 6.25. The summed E-state index contributed by atoms with van der Waals surface area (Å²) in [6.07, 6.45) is 5.95. The number of amides is 1. The summed E-state index contributed by atoms with van der Waals surface area (Å²) in [5, 5.41) is 3.29. The first kappa shape index (κ1) is 12.5. The third-order valence-electron chi connectivity index (χ3n) is 3.03. The number of rotatable bonds is 5. The third kappa shape index (κ3) is 4.65. The smallest absolute Gasteiger partial charge is 0.236 e. The Morgan fingerprint density at radius 2 is 2.00 bits per heavy atom. The molecule has 1 heterocycles. The van der Waals surface area contributed by atoms with Crippen LogP contribution in [0.25, 0.3) is 0 Å². The van der Waals surface area contributed by atoms with Crippen molar-refractivity contribution in [2.24, 2.45) is 0 Å². The summed E-state index contributed by atoms with van der Waals surface area (Å²) in [5.74, 6) is 0.276. The largest absolute Gasteiger partial charge is 0.342 e. The molecule has 1 unspecified atom stereocenters. The highest BCUT2D eigenvalue weighted by Gasteiger charge is 2.16. The fraction of sp³-hybridized carbons (Fsp3) is 0.917. The van der Waals surface area contributed by atoms with Crippen molar-refractivity contribution in [2.75, 3.05) is 19.6 Å². The Balaban J connectivity index is 2.16. The quantitative estimate of drug-likeness (QED) is 0.753. The van der Waals surface area contributed by atoms with E-state index in [9.17, 15) is 4.79 Å². The van der Waals surface area contributed by atoms with Crippen LogP contribution >= 0.6 is 0 Å². The van der Waals surface area contributed by atoms with Crippen molar-refractivity contribution < 1.29 is 4.79 Å². The van der Waals surface area contributed by atoms with Gasteiger partial charge in [-0.05, 0) is 32.6 Å². The van der Waals surface area contributed by atoms with Crippen LogP contribution in [0.2, 0.25) is 0 Å². The second-order valence-electron chi connectivity index (χ2n) is 4.51. The van der Waals surface area contributed by atoms with Crippen molar-refractivity contribution in [1.82, 2.24) is 10.2 Å². The van der Waals surface area contributed by atoms with Crippen LogP contribution in [0.1, 0.15) is 46.0 Å². The predicted molar refractivity (Wildman–Crippen MR) is 62.8 cm³/mol. The van der Waals surface area contributed by atoms with Gasteiger partial charge in [-0.3, -0.25) is 4.79 Å². The highest BCUT2D eigenvalue weighted by molar-refractivity contribution is 5.78. The monoisotopic (exact) mass is 212 g/mol. The van der Waals surface area contributed by atoms with E-state index < -0.39 is 0 Å². The maximum Gasteiger partial charge on any atom is 0.236 e. The summed E-state index contributed by atoms with van der Waals surface area (Å²) >= 11 is 0. The Hall–Kier alpha value is -0.570. The van der Waals surface area contributed by atoms with Gasteiger partial charge < -0.3 is 10.2 Å². The molecule has 3 nitrogen and oxygen atoms in total. The second kappa shape index (κ2) is 6.83. The Labute approximate surface area is 93.2 Å². The Kier molecular flexibility index (Phi) is 5.69. The molecule has 0 radical (unpaired) electrons. The van der Waals surface area contributed by atoms with Crippen LogP contribution in [0.3, 0.4) is 0 Å². The molecule has 0 aromatic carbocycles. The van der Waals surface area contributed by atoms with E-state index in [1.807, 2.05) is 4.90 Å². The lowest BCUT2D eigenvalue weighted by molar-refractivity contribution is -0.131. The van der Waals surface area contributed by atoms with Gasteiger partial charge in [0.15, 0.2) is 0 Å². The molecular formula is C12H24N2O. The molecule has 15 heavy (non-hydrogen) atoms. The number of nitrogens with zero attached hydrogens (tertiary/aromatic N) is 1. The summed E-state index contributed by atoms with van der Waals surface area (Å²) in [6, 6.07) is 0.462. The van der Waals surface area contributed by atoms with Gasteiger partial charge in [0.1, 0.15) is 0 Å². The molecule has 1 N–H and O–H groups in total.